The number of nitrogens with zero attached hydrogens (tertiary/aromatic N) is 2. The van der Waals surface area contributed by atoms with Crippen molar-refractivity contribution in [3.05, 3.63) is 35.4 Å². The summed E-state index contributed by atoms with van der Waals surface area (Å²) in [5, 5.41) is 12.9. The highest BCUT2D eigenvalue weighted by atomic mass is 15.0. The van der Waals surface area contributed by atoms with Gasteiger partial charge in [0, 0.05) is 12.4 Å². The summed E-state index contributed by atoms with van der Waals surface area (Å²) in [7, 11) is 1.77. The zero-order chi connectivity index (χ0) is 10.8. The largest absolute Gasteiger partial charge is 0.372 e. The van der Waals surface area contributed by atoms with Crippen LogP contribution in [0.2, 0.25) is 0 Å². The van der Waals surface area contributed by atoms with Crippen molar-refractivity contribution < 1.29 is 0 Å². The molecule has 0 spiro atoms. The fourth-order valence-electron chi connectivity index (χ4n) is 1.57. The van der Waals surface area contributed by atoms with Crippen molar-refractivity contribution in [2.75, 3.05) is 12.4 Å². The Hall–Kier alpha value is -2.08. The molecule has 0 amide bonds. The molecule has 3 heteroatoms. The Bertz CT molecular complexity index is 553. The molecule has 0 fully saturated rings. The van der Waals surface area contributed by atoms with E-state index >= 15 is 0 Å². The third-order valence-corrected chi connectivity index (χ3v) is 2.33. The molecule has 3 nitrogen and oxygen atoms in total. The van der Waals surface area contributed by atoms with Crippen LogP contribution in [0.5, 0.6) is 0 Å². The van der Waals surface area contributed by atoms with Crippen molar-refractivity contribution >= 4 is 16.7 Å². The molecule has 1 N–H and O–H groups in total. The normalized spacial score (nSPS) is 9.93. The number of nitriles is 1. The van der Waals surface area contributed by atoms with E-state index in [0.29, 0.717) is 11.4 Å². The fraction of sp³-hybridized carbons (Fsp3) is 0.167. The lowest BCUT2D eigenvalue weighted by Crippen LogP contribution is -1.96. The number of aromatic nitrogens is 1. The highest BCUT2D eigenvalue weighted by Gasteiger charge is 2.04. The second kappa shape index (κ2) is 3.58. The Morgan fingerprint density at radius 2 is 2.13 bits per heavy atom. The van der Waals surface area contributed by atoms with Gasteiger partial charge in [-0.1, -0.05) is 11.6 Å². The third kappa shape index (κ3) is 1.62. The number of benzene rings is 1. The molecule has 2 rings (SSSR count). The molecule has 0 aliphatic rings. The van der Waals surface area contributed by atoms with Crippen LogP contribution in [0.4, 0.5) is 5.82 Å². The van der Waals surface area contributed by atoms with Crippen LogP contribution in [0.15, 0.2) is 24.3 Å². The Morgan fingerprint density at radius 3 is 2.80 bits per heavy atom. The molecule has 0 unspecified atom stereocenters. The first kappa shape index (κ1) is 9.47. The predicted molar refractivity (Wildman–Crippen MR) is 60.7 cm³/mol. The molecule has 0 radical (unpaired) electrons. The summed E-state index contributed by atoms with van der Waals surface area (Å²) in [5.41, 5.74) is 2.66. The summed E-state index contributed by atoms with van der Waals surface area (Å²) >= 11 is 0. The second-order valence-electron chi connectivity index (χ2n) is 3.44. The molecule has 2 aromatic rings. The van der Waals surface area contributed by atoms with Gasteiger partial charge in [0.15, 0.2) is 0 Å². The zero-order valence-electron chi connectivity index (χ0n) is 8.70. The minimum absolute atomic E-state index is 0.579. The standard InChI is InChI=1S/C12H11N3/c1-8-3-4-11-9(5-8)6-10(7-13)12(14-2)15-11/h3-6H,1-2H3,(H,14,15). The minimum Gasteiger partial charge on any atom is -0.372 e. The average Bonchev–Trinajstić information content (AvgIpc) is 2.27. The van der Waals surface area contributed by atoms with Crippen molar-refractivity contribution in [3.63, 3.8) is 0 Å². The maximum Gasteiger partial charge on any atom is 0.144 e. The fourth-order valence-corrected chi connectivity index (χ4v) is 1.57. The average molecular weight is 197 g/mol. The quantitative estimate of drug-likeness (QED) is 0.763. The molecule has 0 atom stereocenters. The van der Waals surface area contributed by atoms with E-state index in [1.807, 2.05) is 31.2 Å². The van der Waals surface area contributed by atoms with Crippen LogP contribution in [0.3, 0.4) is 0 Å². The van der Waals surface area contributed by atoms with Crippen LogP contribution < -0.4 is 5.32 Å². The minimum atomic E-state index is 0.579. The molecule has 74 valence electrons. The van der Waals surface area contributed by atoms with Crippen LogP contribution in [-0.4, -0.2) is 12.0 Å². The van der Waals surface area contributed by atoms with Crippen LogP contribution in [0.25, 0.3) is 10.9 Å². The number of pyridine rings is 1. The molecule has 0 aliphatic carbocycles. The van der Waals surface area contributed by atoms with Gasteiger partial charge in [-0.3, -0.25) is 0 Å². The summed E-state index contributed by atoms with van der Waals surface area (Å²) < 4.78 is 0. The monoisotopic (exact) mass is 197 g/mol. The van der Waals surface area contributed by atoms with Crippen LogP contribution in [0.1, 0.15) is 11.1 Å². The van der Waals surface area contributed by atoms with E-state index in [0.717, 1.165) is 10.9 Å². The van der Waals surface area contributed by atoms with Gasteiger partial charge in [0.1, 0.15) is 11.9 Å². The Kier molecular flexibility index (Phi) is 2.26. The number of fused-ring (bicyclic) bond motifs is 1. The summed E-state index contributed by atoms with van der Waals surface area (Å²) in [6.07, 6.45) is 0. The maximum atomic E-state index is 8.95. The van der Waals surface area contributed by atoms with Gasteiger partial charge in [-0.25, -0.2) is 4.98 Å². The number of hydrogen-bond donors (Lipinski definition) is 1. The van der Waals surface area contributed by atoms with E-state index in [9.17, 15) is 0 Å². The number of aryl methyl sites for hydroxylation is 1. The number of anilines is 1. The predicted octanol–water partition coefficient (Wildman–Crippen LogP) is 2.46. The van der Waals surface area contributed by atoms with Gasteiger partial charge in [0.25, 0.3) is 0 Å². The van der Waals surface area contributed by atoms with E-state index < -0.39 is 0 Å². The molecule has 0 bridgehead atoms. The smallest absolute Gasteiger partial charge is 0.144 e. The molecule has 0 aliphatic heterocycles. The van der Waals surface area contributed by atoms with E-state index in [-0.39, 0.29) is 0 Å². The van der Waals surface area contributed by atoms with Crippen LogP contribution in [0, 0.1) is 18.3 Å². The van der Waals surface area contributed by atoms with Gasteiger partial charge in [-0.05, 0) is 25.1 Å². The van der Waals surface area contributed by atoms with Gasteiger partial charge in [0.05, 0.1) is 11.1 Å². The van der Waals surface area contributed by atoms with Crippen molar-refractivity contribution in [2.24, 2.45) is 0 Å². The van der Waals surface area contributed by atoms with E-state index in [4.69, 9.17) is 5.26 Å². The molecule has 0 saturated carbocycles. The first-order valence-corrected chi connectivity index (χ1v) is 4.74. The first-order valence-electron chi connectivity index (χ1n) is 4.74. The van der Waals surface area contributed by atoms with Gasteiger partial charge in [-0.2, -0.15) is 5.26 Å². The number of nitrogens with one attached hydrogen (secondary N) is 1. The van der Waals surface area contributed by atoms with Crippen molar-refractivity contribution in [3.8, 4) is 6.07 Å². The van der Waals surface area contributed by atoms with Crippen LogP contribution >= 0.6 is 0 Å². The zero-order valence-corrected chi connectivity index (χ0v) is 8.70. The van der Waals surface area contributed by atoms with Gasteiger partial charge in [0.2, 0.25) is 0 Å². The van der Waals surface area contributed by atoms with Gasteiger partial charge < -0.3 is 5.32 Å². The Labute approximate surface area is 88.4 Å². The highest BCUT2D eigenvalue weighted by molar-refractivity contribution is 5.83. The van der Waals surface area contributed by atoms with E-state index in [2.05, 4.69) is 16.4 Å². The summed E-state index contributed by atoms with van der Waals surface area (Å²) in [6.45, 7) is 2.03. The molecule has 15 heavy (non-hydrogen) atoms. The summed E-state index contributed by atoms with van der Waals surface area (Å²) in [5.74, 6) is 0.633. The molecule has 0 saturated heterocycles. The summed E-state index contributed by atoms with van der Waals surface area (Å²) in [4.78, 5) is 4.37. The molecule has 1 aromatic carbocycles. The van der Waals surface area contributed by atoms with E-state index in [1.165, 1.54) is 5.56 Å². The van der Waals surface area contributed by atoms with E-state index in [1.54, 1.807) is 7.05 Å². The highest BCUT2D eigenvalue weighted by Crippen LogP contribution is 2.20. The molecular weight excluding hydrogens is 186 g/mol. The number of hydrogen-bond acceptors (Lipinski definition) is 3. The van der Waals surface area contributed by atoms with Gasteiger partial charge in [-0.15, -0.1) is 0 Å². The lowest BCUT2D eigenvalue weighted by atomic mass is 10.1. The summed E-state index contributed by atoms with van der Waals surface area (Å²) in [6, 6.07) is 10.0. The van der Waals surface area contributed by atoms with Crippen molar-refractivity contribution in [1.29, 1.82) is 5.26 Å². The number of rotatable bonds is 1. The third-order valence-electron chi connectivity index (χ3n) is 2.33. The van der Waals surface area contributed by atoms with Crippen molar-refractivity contribution in [1.82, 2.24) is 4.98 Å². The first-order chi connectivity index (χ1) is 7.24. The topological polar surface area (TPSA) is 48.7 Å². The lowest BCUT2D eigenvalue weighted by molar-refractivity contribution is 1.31. The Balaban J connectivity index is 2.77. The molecular formula is C12H11N3. The molecule has 1 heterocycles. The van der Waals surface area contributed by atoms with Crippen LogP contribution in [-0.2, 0) is 0 Å². The maximum absolute atomic E-state index is 8.95. The van der Waals surface area contributed by atoms with Gasteiger partial charge >= 0.3 is 0 Å². The second-order valence-corrected chi connectivity index (χ2v) is 3.44. The van der Waals surface area contributed by atoms with Crippen molar-refractivity contribution in [2.45, 2.75) is 6.92 Å². The Morgan fingerprint density at radius 1 is 1.33 bits per heavy atom. The SMILES string of the molecule is CNc1nc2ccc(C)cc2cc1C#N. The molecule has 1 aromatic heterocycles. The lowest BCUT2D eigenvalue weighted by Gasteiger charge is -2.05.